The van der Waals surface area contributed by atoms with Crippen LogP contribution in [0.2, 0.25) is 0 Å². The molecule has 2 heterocycles. The number of hydrogen-bond acceptors (Lipinski definition) is 4. The number of unbranched alkanes of at least 4 members (excludes halogenated alkanes) is 1. The lowest BCUT2D eigenvalue weighted by Gasteiger charge is -2.29. The number of nitrogens with zero attached hydrogens (tertiary/aromatic N) is 2. The second-order valence-corrected chi connectivity index (χ2v) is 7.64. The van der Waals surface area contributed by atoms with Gasteiger partial charge in [-0.1, -0.05) is 31.9 Å². The Hall–Kier alpha value is -2.90. The minimum absolute atomic E-state index is 0.134. The van der Waals surface area contributed by atoms with Crippen LogP contribution in [0.25, 0.3) is 0 Å². The van der Waals surface area contributed by atoms with Gasteiger partial charge < -0.3 is 15.5 Å². The molecule has 0 radical (unpaired) electrons. The van der Waals surface area contributed by atoms with E-state index in [0.717, 1.165) is 17.7 Å². The molecule has 2 N–H and O–H groups in total. The summed E-state index contributed by atoms with van der Waals surface area (Å²) in [6.45, 7) is 5.12. The Morgan fingerprint density at radius 3 is 2.68 bits per heavy atom. The standard InChI is InChI=1S/C20H26N4O4/c1-4-5-10-20(3)18(27)23(19(28)22-20)12-17(26)24-13(2)11-16(25)21-14-8-6-7-9-15(14)24/h6-9,13H,4-5,10-12H2,1-3H3,(H,21,25)(H,22,28)/t13-,20-/m0/s1. The molecule has 1 aromatic carbocycles. The van der Waals surface area contributed by atoms with E-state index in [2.05, 4.69) is 10.6 Å². The largest absolute Gasteiger partial charge is 0.325 e. The van der Waals surface area contributed by atoms with E-state index in [4.69, 9.17) is 0 Å². The van der Waals surface area contributed by atoms with Crippen molar-refractivity contribution in [2.45, 2.75) is 58.0 Å². The van der Waals surface area contributed by atoms with Crippen molar-refractivity contribution in [3.8, 4) is 0 Å². The minimum atomic E-state index is -0.979. The van der Waals surface area contributed by atoms with E-state index in [-0.39, 0.29) is 24.8 Å². The SMILES string of the molecule is CCCC[C@]1(C)NC(=O)N(CC(=O)N2c3ccccc3NC(=O)C[C@@H]2C)C1=O. The molecule has 0 spiro atoms. The lowest BCUT2D eigenvalue weighted by atomic mass is 9.95. The normalized spacial score (nSPS) is 24.5. The van der Waals surface area contributed by atoms with Gasteiger partial charge >= 0.3 is 6.03 Å². The first-order chi connectivity index (χ1) is 13.3. The number of carbonyl (C=O) groups excluding carboxylic acids is 4. The van der Waals surface area contributed by atoms with Gasteiger partial charge in [0.2, 0.25) is 11.8 Å². The number of rotatable bonds is 5. The van der Waals surface area contributed by atoms with Crippen molar-refractivity contribution >= 4 is 35.1 Å². The molecule has 0 saturated carbocycles. The first-order valence-corrected chi connectivity index (χ1v) is 9.62. The molecule has 0 aromatic heterocycles. The molecule has 8 nitrogen and oxygen atoms in total. The number of benzene rings is 1. The van der Waals surface area contributed by atoms with Gasteiger partial charge in [-0.3, -0.25) is 19.3 Å². The van der Waals surface area contributed by atoms with Crippen LogP contribution in [0.5, 0.6) is 0 Å². The summed E-state index contributed by atoms with van der Waals surface area (Å²) < 4.78 is 0. The van der Waals surface area contributed by atoms with Crippen LogP contribution in [-0.4, -0.2) is 46.8 Å². The first-order valence-electron chi connectivity index (χ1n) is 9.62. The molecule has 28 heavy (non-hydrogen) atoms. The van der Waals surface area contributed by atoms with Gasteiger partial charge in [0.25, 0.3) is 5.91 Å². The van der Waals surface area contributed by atoms with Gasteiger partial charge in [0.15, 0.2) is 0 Å². The van der Waals surface area contributed by atoms with Crippen molar-refractivity contribution in [2.24, 2.45) is 0 Å². The third kappa shape index (κ3) is 3.58. The van der Waals surface area contributed by atoms with E-state index in [1.165, 1.54) is 4.90 Å². The Morgan fingerprint density at radius 2 is 1.96 bits per heavy atom. The maximum atomic E-state index is 13.1. The molecule has 1 saturated heterocycles. The third-order valence-corrected chi connectivity index (χ3v) is 5.30. The lowest BCUT2D eigenvalue weighted by molar-refractivity contribution is -0.134. The third-order valence-electron chi connectivity index (χ3n) is 5.30. The van der Waals surface area contributed by atoms with Crippen LogP contribution in [0.15, 0.2) is 24.3 Å². The van der Waals surface area contributed by atoms with Gasteiger partial charge in [0, 0.05) is 12.5 Å². The zero-order valence-corrected chi connectivity index (χ0v) is 16.4. The van der Waals surface area contributed by atoms with Crippen LogP contribution in [0.3, 0.4) is 0 Å². The topological polar surface area (TPSA) is 98.8 Å². The van der Waals surface area contributed by atoms with E-state index in [1.54, 1.807) is 38.1 Å². The van der Waals surface area contributed by atoms with Crippen molar-refractivity contribution in [1.29, 1.82) is 0 Å². The van der Waals surface area contributed by atoms with Gasteiger partial charge in [0.1, 0.15) is 12.1 Å². The first kappa shape index (κ1) is 19.9. The molecule has 150 valence electrons. The van der Waals surface area contributed by atoms with E-state index in [1.807, 2.05) is 6.92 Å². The summed E-state index contributed by atoms with van der Waals surface area (Å²) in [4.78, 5) is 52.9. The summed E-state index contributed by atoms with van der Waals surface area (Å²) in [6, 6.07) is 6.06. The molecule has 2 atom stereocenters. The highest BCUT2D eigenvalue weighted by atomic mass is 16.2. The smallest absolute Gasteiger partial charge is 0.324 e. The number of fused-ring (bicyclic) bond motifs is 1. The van der Waals surface area contributed by atoms with Crippen LogP contribution in [0.1, 0.15) is 46.5 Å². The summed E-state index contributed by atoms with van der Waals surface area (Å²) in [7, 11) is 0. The second kappa shape index (κ2) is 7.61. The number of nitrogens with one attached hydrogen (secondary N) is 2. The van der Waals surface area contributed by atoms with Crippen molar-refractivity contribution in [3.05, 3.63) is 24.3 Å². The van der Waals surface area contributed by atoms with Crippen LogP contribution in [-0.2, 0) is 14.4 Å². The molecule has 2 aliphatic rings. The predicted octanol–water partition coefficient (Wildman–Crippen LogP) is 2.25. The Balaban J connectivity index is 1.83. The van der Waals surface area contributed by atoms with Gasteiger partial charge in [-0.05, 0) is 32.4 Å². The molecule has 2 aliphatic heterocycles. The fourth-order valence-electron chi connectivity index (χ4n) is 3.77. The van der Waals surface area contributed by atoms with Crippen molar-refractivity contribution in [3.63, 3.8) is 0 Å². The maximum absolute atomic E-state index is 13.1. The average Bonchev–Trinajstić information content (AvgIpc) is 2.77. The summed E-state index contributed by atoms with van der Waals surface area (Å²) in [6.07, 6.45) is 2.37. The van der Waals surface area contributed by atoms with Gasteiger partial charge in [0.05, 0.1) is 11.4 Å². The Morgan fingerprint density at radius 1 is 1.25 bits per heavy atom. The zero-order valence-electron chi connectivity index (χ0n) is 16.4. The molecule has 0 unspecified atom stereocenters. The summed E-state index contributed by atoms with van der Waals surface area (Å²) in [5, 5.41) is 5.52. The highest BCUT2D eigenvalue weighted by molar-refractivity contribution is 6.11. The van der Waals surface area contributed by atoms with Crippen LogP contribution < -0.4 is 15.5 Å². The zero-order chi connectivity index (χ0) is 20.5. The Bertz CT molecular complexity index is 824. The van der Waals surface area contributed by atoms with E-state index < -0.39 is 23.5 Å². The molecule has 0 aliphatic carbocycles. The van der Waals surface area contributed by atoms with Crippen LogP contribution in [0.4, 0.5) is 16.2 Å². The minimum Gasteiger partial charge on any atom is -0.324 e. The number of hydrogen-bond donors (Lipinski definition) is 2. The van der Waals surface area contributed by atoms with E-state index in [9.17, 15) is 19.2 Å². The lowest BCUT2D eigenvalue weighted by Crippen LogP contribution is -2.48. The monoisotopic (exact) mass is 386 g/mol. The predicted molar refractivity (Wildman–Crippen MR) is 105 cm³/mol. The van der Waals surface area contributed by atoms with E-state index >= 15 is 0 Å². The molecule has 1 fully saturated rings. The Labute approximate surface area is 164 Å². The molecular weight excluding hydrogens is 360 g/mol. The van der Waals surface area contributed by atoms with Gasteiger partial charge in [-0.25, -0.2) is 4.79 Å². The Kier molecular flexibility index (Phi) is 5.40. The highest BCUT2D eigenvalue weighted by Crippen LogP contribution is 2.32. The van der Waals surface area contributed by atoms with Crippen molar-refractivity contribution in [2.75, 3.05) is 16.8 Å². The van der Waals surface area contributed by atoms with Crippen molar-refractivity contribution in [1.82, 2.24) is 10.2 Å². The summed E-state index contributed by atoms with van der Waals surface area (Å²) >= 11 is 0. The fourth-order valence-corrected chi connectivity index (χ4v) is 3.77. The number of carbonyl (C=O) groups is 4. The molecular formula is C20H26N4O4. The highest BCUT2D eigenvalue weighted by Gasteiger charge is 2.48. The maximum Gasteiger partial charge on any atom is 0.325 e. The molecule has 3 rings (SSSR count). The molecule has 1 aromatic rings. The van der Waals surface area contributed by atoms with Crippen LogP contribution in [0, 0.1) is 0 Å². The number of urea groups is 1. The number of para-hydroxylation sites is 2. The van der Waals surface area contributed by atoms with Crippen molar-refractivity contribution < 1.29 is 19.2 Å². The number of amides is 5. The van der Waals surface area contributed by atoms with Crippen LogP contribution >= 0.6 is 0 Å². The second-order valence-electron chi connectivity index (χ2n) is 7.64. The summed E-state index contributed by atoms with van der Waals surface area (Å²) in [5.41, 5.74) is 0.120. The van der Waals surface area contributed by atoms with Gasteiger partial charge in [-0.2, -0.15) is 0 Å². The quantitative estimate of drug-likeness (QED) is 0.758. The molecule has 8 heteroatoms. The number of anilines is 2. The summed E-state index contributed by atoms with van der Waals surface area (Å²) in [5.74, 6) is -0.971. The average molecular weight is 386 g/mol. The number of imide groups is 1. The fraction of sp³-hybridized carbons (Fsp3) is 0.500. The molecule has 5 amide bonds. The molecule has 0 bridgehead atoms. The van der Waals surface area contributed by atoms with Gasteiger partial charge in [-0.15, -0.1) is 0 Å². The van der Waals surface area contributed by atoms with E-state index in [0.29, 0.717) is 17.8 Å².